The second kappa shape index (κ2) is 6.67. The minimum Gasteiger partial charge on any atom is -0.302 e. The number of aromatic nitrogens is 2. The van der Waals surface area contributed by atoms with E-state index in [0.29, 0.717) is 6.29 Å². The van der Waals surface area contributed by atoms with Gasteiger partial charge in [0, 0.05) is 30.8 Å². The molecule has 0 aliphatic carbocycles. The molecule has 0 bridgehead atoms. The maximum Gasteiger partial charge on any atom is 0.236 e. The fourth-order valence-electron chi connectivity index (χ4n) is 2.14. The van der Waals surface area contributed by atoms with Crippen LogP contribution in [0.4, 0.5) is 0 Å². The zero-order chi connectivity index (χ0) is 16.2. The lowest BCUT2D eigenvalue weighted by molar-refractivity contribution is -0.108. The van der Waals surface area contributed by atoms with Crippen LogP contribution in [0.15, 0.2) is 48.6 Å². The second-order valence-electron chi connectivity index (χ2n) is 4.73. The Kier molecular flexibility index (Phi) is 4.89. The lowest BCUT2D eigenvalue weighted by Gasteiger charge is -2.19. The fraction of sp³-hybridized carbons (Fsp3) is 0.200. The van der Waals surface area contributed by atoms with Crippen LogP contribution in [-0.4, -0.2) is 35.3 Å². The van der Waals surface area contributed by atoms with Crippen LogP contribution in [0, 0.1) is 0 Å². The molecule has 6 nitrogen and oxygen atoms in total. The standard InChI is InChI=1S/C15H17N3O3S/c1-3-22(20,21)18(8-9-19)12-13-6-4-5-7-15(13)14-10-16-17(2)11-14/h3-7,9-11H,1,8,12H2,2H3. The van der Waals surface area contributed by atoms with E-state index in [1.807, 2.05) is 37.5 Å². The van der Waals surface area contributed by atoms with Crippen molar-refractivity contribution in [1.82, 2.24) is 14.1 Å². The highest BCUT2D eigenvalue weighted by atomic mass is 32.2. The molecule has 0 N–H and O–H groups in total. The van der Waals surface area contributed by atoms with Crippen LogP contribution in [0.3, 0.4) is 0 Å². The predicted octanol–water partition coefficient (Wildman–Crippen LogP) is 1.56. The minimum atomic E-state index is -3.67. The lowest BCUT2D eigenvalue weighted by atomic mass is 10.0. The second-order valence-corrected chi connectivity index (χ2v) is 6.61. The zero-order valence-corrected chi connectivity index (χ0v) is 13.0. The van der Waals surface area contributed by atoms with Gasteiger partial charge in [-0.3, -0.25) is 4.68 Å². The summed E-state index contributed by atoms with van der Waals surface area (Å²) < 4.78 is 26.7. The van der Waals surface area contributed by atoms with Crippen molar-refractivity contribution in [2.75, 3.05) is 6.54 Å². The van der Waals surface area contributed by atoms with Gasteiger partial charge in [0.2, 0.25) is 10.0 Å². The Hall–Kier alpha value is -2.25. The normalized spacial score (nSPS) is 11.5. The molecule has 2 aromatic rings. The molecule has 0 fully saturated rings. The number of sulfonamides is 1. The van der Waals surface area contributed by atoms with E-state index in [9.17, 15) is 13.2 Å². The first kappa shape index (κ1) is 16.1. The third-order valence-corrected chi connectivity index (χ3v) is 4.65. The number of nitrogens with zero attached hydrogens (tertiary/aromatic N) is 3. The summed E-state index contributed by atoms with van der Waals surface area (Å²) in [5.74, 6) is 0. The molecular weight excluding hydrogens is 302 g/mol. The number of hydrogen-bond donors (Lipinski definition) is 0. The number of carbonyl (C=O) groups excluding carboxylic acids is 1. The Morgan fingerprint density at radius 1 is 1.36 bits per heavy atom. The molecule has 1 aromatic carbocycles. The van der Waals surface area contributed by atoms with Crippen molar-refractivity contribution in [2.45, 2.75) is 6.54 Å². The van der Waals surface area contributed by atoms with E-state index in [1.54, 1.807) is 10.9 Å². The number of rotatable bonds is 7. The highest BCUT2D eigenvalue weighted by Gasteiger charge is 2.20. The first-order chi connectivity index (χ1) is 10.5. The monoisotopic (exact) mass is 319 g/mol. The van der Waals surface area contributed by atoms with E-state index in [0.717, 1.165) is 26.4 Å². The molecule has 0 saturated carbocycles. The van der Waals surface area contributed by atoms with E-state index >= 15 is 0 Å². The van der Waals surface area contributed by atoms with E-state index in [4.69, 9.17) is 0 Å². The van der Waals surface area contributed by atoms with E-state index < -0.39 is 10.0 Å². The minimum absolute atomic E-state index is 0.0954. The molecule has 0 saturated heterocycles. The first-order valence-corrected chi connectivity index (χ1v) is 8.11. The van der Waals surface area contributed by atoms with Gasteiger partial charge in [0.05, 0.1) is 12.7 Å². The largest absolute Gasteiger partial charge is 0.302 e. The van der Waals surface area contributed by atoms with Crippen molar-refractivity contribution in [3.63, 3.8) is 0 Å². The first-order valence-electron chi connectivity index (χ1n) is 6.61. The smallest absolute Gasteiger partial charge is 0.236 e. The van der Waals surface area contributed by atoms with Crippen LogP contribution in [0.5, 0.6) is 0 Å². The molecule has 0 spiro atoms. The summed E-state index contributed by atoms with van der Waals surface area (Å²) in [5.41, 5.74) is 2.56. The van der Waals surface area contributed by atoms with Crippen LogP contribution < -0.4 is 0 Å². The van der Waals surface area contributed by atoms with Gasteiger partial charge < -0.3 is 4.79 Å². The van der Waals surface area contributed by atoms with Crippen molar-refractivity contribution in [1.29, 1.82) is 0 Å². The molecule has 0 radical (unpaired) electrons. The number of aryl methyl sites for hydroxylation is 1. The summed E-state index contributed by atoms with van der Waals surface area (Å²) in [6.07, 6.45) is 4.13. The van der Waals surface area contributed by atoms with Gasteiger partial charge in [0.15, 0.2) is 0 Å². The van der Waals surface area contributed by atoms with E-state index in [-0.39, 0.29) is 13.1 Å². The maximum atomic E-state index is 12.0. The molecule has 1 heterocycles. The van der Waals surface area contributed by atoms with Crippen LogP contribution >= 0.6 is 0 Å². The number of benzene rings is 1. The molecule has 7 heteroatoms. The Balaban J connectivity index is 2.40. The lowest BCUT2D eigenvalue weighted by Crippen LogP contribution is -2.30. The van der Waals surface area contributed by atoms with Crippen molar-refractivity contribution < 1.29 is 13.2 Å². The van der Waals surface area contributed by atoms with Crippen LogP contribution in [-0.2, 0) is 28.4 Å². The molecule has 0 unspecified atom stereocenters. The van der Waals surface area contributed by atoms with Crippen LogP contribution in [0.2, 0.25) is 0 Å². The average Bonchev–Trinajstić information content (AvgIpc) is 2.93. The van der Waals surface area contributed by atoms with E-state index in [1.165, 1.54) is 0 Å². The number of carbonyl (C=O) groups is 1. The Morgan fingerprint density at radius 3 is 2.68 bits per heavy atom. The predicted molar refractivity (Wildman–Crippen MR) is 84.2 cm³/mol. The molecule has 1 aromatic heterocycles. The summed E-state index contributed by atoms with van der Waals surface area (Å²) >= 11 is 0. The molecular formula is C15H17N3O3S. The molecule has 0 aliphatic heterocycles. The Labute approximate surface area is 129 Å². The molecule has 0 atom stereocenters. The van der Waals surface area contributed by atoms with E-state index in [2.05, 4.69) is 11.7 Å². The van der Waals surface area contributed by atoms with Gasteiger partial charge in [0.1, 0.15) is 6.29 Å². The average molecular weight is 319 g/mol. The number of aldehydes is 1. The summed E-state index contributed by atoms with van der Waals surface area (Å²) in [7, 11) is -1.86. The number of hydrogen-bond acceptors (Lipinski definition) is 4. The summed E-state index contributed by atoms with van der Waals surface area (Å²) in [5, 5.41) is 4.98. The quantitative estimate of drug-likeness (QED) is 0.726. The molecule has 22 heavy (non-hydrogen) atoms. The summed E-state index contributed by atoms with van der Waals surface area (Å²) in [6, 6.07) is 7.43. The zero-order valence-electron chi connectivity index (χ0n) is 12.2. The maximum absolute atomic E-state index is 12.0. The van der Waals surface area contributed by atoms with Gasteiger partial charge in [-0.05, 0) is 11.1 Å². The van der Waals surface area contributed by atoms with Crippen molar-refractivity contribution in [3.05, 3.63) is 54.2 Å². The van der Waals surface area contributed by atoms with Gasteiger partial charge in [-0.2, -0.15) is 9.40 Å². The van der Waals surface area contributed by atoms with Crippen molar-refractivity contribution >= 4 is 16.3 Å². The molecule has 0 amide bonds. The van der Waals surface area contributed by atoms with Gasteiger partial charge in [-0.15, -0.1) is 0 Å². The van der Waals surface area contributed by atoms with Gasteiger partial charge in [-0.25, -0.2) is 8.42 Å². The Morgan fingerprint density at radius 2 is 2.09 bits per heavy atom. The SMILES string of the molecule is C=CS(=O)(=O)N(CC=O)Cc1ccccc1-c1cnn(C)c1. The fourth-order valence-corrected chi connectivity index (χ4v) is 2.94. The highest BCUT2D eigenvalue weighted by molar-refractivity contribution is 7.92. The highest BCUT2D eigenvalue weighted by Crippen LogP contribution is 2.25. The molecule has 0 aliphatic rings. The summed E-state index contributed by atoms with van der Waals surface area (Å²) in [4.78, 5) is 10.8. The third-order valence-electron chi connectivity index (χ3n) is 3.23. The van der Waals surface area contributed by atoms with Crippen molar-refractivity contribution in [3.8, 4) is 11.1 Å². The van der Waals surface area contributed by atoms with Gasteiger partial charge >= 0.3 is 0 Å². The molecule has 116 valence electrons. The van der Waals surface area contributed by atoms with Crippen LogP contribution in [0.25, 0.3) is 11.1 Å². The van der Waals surface area contributed by atoms with Gasteiger partial charge in [0.25, 0.3) is 0 Å². The topological polar surface area (TPSA) is 72.3 Å². The summed E-state index contributed by atoms with van der Waals surface area (Å²) in [6.45, 7) is 3.18. The van der Waals surface area contributed by atoms with Crippen LogP contribution in [0.1, 0.15) is 5.56 Å². The van der Waals surface area contributed by atoms with Crippen molar-refractivity contribution in [2.24, 2.45) is 7.05 Å². The van der Waals surface area contributed by atoms with Gasteiger partial charge in [-0.1, -0.05) is 30.8 Å². The Bertz CT molecular complexity index is 781. The molecule has 2 rings (SSSR count). The third kappa shape index (κ3) is 3.49.